The van der Waals surface area contributed by atoms with E-state index in [1.165, 1.54) is 10.7 Å². The third-order valence-electron chi connectivity index (χ3n) is 2.40. The van der Waals surface area contributed by atoms with E-state index in [1.54, 1.807) is 13.2 Å². The molecule has 0 atom stereocenters. The summed E-state index contributed by atoms with van der Waals surface area (Å²) in [5.41, 5.74) is 1.65. The Morgan fingerprint density at radius 1 is 1.35 bits per heavy atom. The number of rotatable bonds is 3. The number of nitrogens with zero attached hydrogens (tertiary/aromatic N) is 2. The van der Waals surface area contributed by atoms with Crippen LogP contribution in [0.25, 0.3) is 0 Å². The van der Waals surface area contributed by atoms with Crippen LogP contribution in [0.3, 0.4) is 0 Å². The van der Waals surface area contributed by atoms with E-state index < -0.39 is 0 Å². The highest BCUT2D eigenvalue weighted by atomic mass is 79.9. The highest BCUT2D eigenvalue weighted by Crippen LogP contribution is 2.10. The fourth-order valence-electron chi connectivity index (χ4n) is 1.45. The molecular formula is C12H12BrN3O. The molecule has 0 saturated carbocycles. The summed E-state index contributed by atoms with van der Waals surface area (Å²) in [7, 11) is 1.76. The van der Waals surface area contributed by atoms with E-state index in [4.69, 9.17) is 0 Å². The summed E-state index contributed by atoms with van der Waals surface area (Å²) in [5, 5.41) is 6.98. The molecule has 2 rings (SSSR count). The van der Waals surface area contributed by atoms with Crippen molar-refractivity contribution in [3.05, 3.63) is 56.9 Å². The van der Waals surface area contributed by atoms with Crippen molar-refractivity contribution >= 4 is 21.6 Å². The first-order chi connectivity index (χ1) is 8.19. The zero-order chi connectivity index (χ0) is 12.3. The van der Waals surface area contributed by atoms with Crippen molar-refractivity contribution in [1.82, 2.24) is 9.78 Å². The average molecular weight is 294 g/mol. The average Bonchev–Trinajstić information content (AvgIpc) is 2.34. The molecule has 0 aliphatic rings. The Kier molecular flexibility index (Phi) is 3.58. The van der Waals surface area contributed by atoms with Gasteiger partial charge in [-0.3, -0.25) is 4.79 Å². The van der Waals surface area contributed by atoms with Crippen LogP contribution in [0.15, 0.2) is 45.8 Å². The Morgan fingerprint density at radius 2 is 2.06 bits per heavy atom. The molecule has 17 heavy (non-hydrogen) atoms. The van der Waals surface area contributed by atoms with Crippen LogP contribution in [0.2, 0.25) is 0 Å². The van der Waals surface area contributed by atoms with Crippen molar-refractivity contribution < 1.29 is 0 Å². The van der Waals surface area contributed by atoms with Crippen molar-refractivity contribution in [1.29, 1.82) is 0 Å². The van der Waals surface area contributed by atoms with Gasteiger partial charge in [-0.15, -0.1) is 0 Å². The Hall–Kier alpha value is -1.62. The maximum absolute atomic E-state index is 11.7. The minimum absolute atomic E-state index is 0.111. The zero-order valence-electron chi connectivity index (χ0n) is 9.35. The van der Waals surface area contributed by atoms with Crippen LogP contribution < -0.4 is 10.9 Å². The fourth-order valence-corrected chi connectivity index (χ4v) is 1.72. The molecule has 1 aromatic carbocycles. The minimum Gasteiger partial charge on any atom is -0.387 e. The molecule has 0 unspecified atom stereocenters. The first-order valence-electron chi connectivity index (χ1n) is 5.18. The van der Waals surface area contributed by atoms with E-state index in [2.05, 4.69) is 26.3 Å². The molecule has 4 nitrogen and oxygen atoms in total. The molecule has 1 N–H and O–H groups in total. The molecular weight excluding hydrogens is 282 g/mol. The number of nitrogens with one attached hydrogen (secondary N) is 1. The molecule has 0 aliphatic heterocycles. The molecule has 5 heteroatoms. The lowest BCUT2D eigenvalue weighted by molar-refractivity contribution is 0.640. The number of benzene rings is 1. The highest BCUT2D eigenvalue weighted by molar-refractivity contribution is 9.10. The van der Waals surface area contributed by atoms with Gasteiger partial charge in [0.1, 0.15) is 0 Å². The van der Waals surface area contributed by atoms with Gasteiger partial charge in [-0.2, -0.15) is 5.10 Å². The second-order valence-electron chi connectivity index (χ2n) is 3.62. The van der Waals surface area contributed by atoms with Gasteiger partial charge >= 0.3 is 0 Å². The van der Waals surface area contributed by atoms with Crippen molar-refractivity contribution in [2.75, 3.05) is 12.4 Å². The van der Waals surface area contributed by atoms with E-state index in [9.17, 15) is 4.79 Å². The van der Waals surface area contributed by atoms with Gasteiger partial charge in [0.15, 0.2) is 0 Å². The summed E-state index contributed by atoms with van der Waals surface area (Å²) in [6, 6.07) is 9.35. The number of halogens is 1. The topological polar surface area (TPSA) is 46.9 Å². The van der Waals surface area contributed by atoms with Gasteiger partial charge < -0.3 is 5.32 Å². The largest absolute Gasteiger partial charge is 0.387 e. The van der Waals surface area contributed by atoms with Crippen molar-refractivity contribution in [3.63, 3.8) is 0 Å². The van der Waals surface area contributed by atoms with Gasteiger partial charge in [-0.1, -0.05) is 28.1 Å². The number of anilines is 1. The predicted molar refractivity (Wildman–Crippen MR) is 71.3 cm³/mol. The van der Waals surface area contributed by atoms with Gasteiger partial charge in [0.05, 0.1) is 18.4 Å². The maximum atomic E-state index is 11.7. The predicted octanol–water partition coefficient (Wildman–Crippen LogP) is 2.10. The smallest absolute Gasteiger partial charge is 0.269 e. The first-order valence-corrected chi connectivity index (χ1v) is 5.98. The Labute approximate surface area is 107 Å². The summed E-state index contributed by atoms with van der Waals surface area (Å²) >= 11 is 3.37. The molecule has 0 fully saturated rings. The highest BCUT2D eigenvalue weighted by Gasteiger charge is 2.00. The molecule has 2 aromatic rings. The Bertz CT molecular complexity index is 563. The minimum atomic E-state index is -0.111. The van der Waals surface area contributed by atoms with Crippen LogP contribution in [0.1, 0.15) is 5.56 Å². The lowest BCUT2D eigenvalue weighted by Gasteiger charge is -2.05. The van der Waals surface area contributed by atoms with E-state index >= 15 is 0 Å². The van der Waals surface area contributed by atoms with Crippen LogP contribution >= 0.6 is 15.9 Å². The standard InChI is InChI=1S/C12H12BrN3O/c1-14-11-6-12(17)16(15-7-11)8-9-2-4-10(13)5-3-9/h2-7,14H,8H2,1H3. The second kappa shape index (κ2) is 5.14. The molecule has 88 valence electrons. The van der Waals surface area contributed by atoms with E-state index in [0.717, 1.165) is 15.7 Å². The maximum Gasteiger partial charge on any atom is 0.269 e. The van der Waals surface area contributed by atoms with Gasteiger partial charge in [-0.05, 0) is 17.7 Å². The Balaban J connectivity index is 2.24. The molecule has 1 heterocycles. The monoisotopic (exact) mass is 293 g/mol. The van der Waals surface area contributed by atoms with Gasteiger partial charge in [0.25, 0.3) is 5.56 Å². The summed E-state index contributed by atoms with van der Waals surface area (Å²) in [6.07, 6.45) is 1.64. The van der Waals surface area contributed by atoms with Crippen LogP contribution in [0, 0.1) is 0 Å². The Morgan fingerprint density at radius 3 is 2.65 bits per heavy atom. The van der Waals surface area contributed by atoms with E-state index in [1.807, 2.05) is 24.3 Å². The van der Waals surface area contributed by atoms with Crippen molar-refractivity contribution in [2.45, 2.75) is 6.54 Å². The SMILES string of the molecule is CNc1cnn(Cc2ccc(Br)cc2)c(=O)c1. The number of hydrogen-bond acceptors (Lipinski definition) is 3. The van der Waals surface area contributed by atoms with Crippen LogP contribution in [-0.2, 0) is 6.54 Å². The quantitative estimate of drug-likeness (QED) is 0.943. The zero-order valence-corrected chi connectivity index (χ0v) is 10.9. The van der Waals surface area contributed by atoms with Crippen LogP contribution in [0.4, 0.5) is 5.69 Å². The molecule has 0 radical (unpaired) electrons. The molecule has 0 amide bonds. The molecule has 0 spiro atoms. The van der Waals surface area contributed by atoms with E-state index in [-0.39, 0.29) is 5.56 Å². The van der Waals surface area contributed by atoms with Gasteiger partial charge in [-0.25, -0.2) is 4.68 Å². The molecule has 0 bridgehead atoms. The lowest BCUT2D eigenvalue weighted by atomic mass is 10.2. The first kappa shape index (κ1) is 11.9. The third kappa shape index (κ3) is 2.94. The van der Waals surface area contributed by atoms with Crippen LogP contribution in [-0.4, -0.2) is 16.8 Å². The van der Waals surface area contributed by atoms with E-state index in [0.29, 0.717) is 6.54 Å². The summed E-state index contributed by atoms with van der Waals surface area (Å²) < 4.78 is 2.46. The number of aromatic nitrogens is 2. The van der Waals surface area contributed by atoms with Crippen LogP contribution in [0.5, 0.6) is 0 Å². The van der Waals surface area contributed by atoms with Gasteiger partial charge in [0.2, 0.25) is 0 Å². The lowest BCUT2D eigenvalue weighted by Crippen LogP contribution is -2.22. The molecule has 0 saturated heterocycles. The molecule has 0 aliphatic carbocycles. The normalized spacial score (nSPS) is 10.2. The summed E-state index contributed by atoms with van der Waals surface area (Å²) in [4.78, 5) is 11.7. The van der Waals surface area contributed by atoms with Gasteiger partial charge in [0, 0.05) is 17.6 Å². The second-order valence-corrected chi connectivity index (χ2v) is 4.53. The summed E-state index contributed by atoms with van der Waals surface area (Å²) in [5.74, 6) is 0. The number of hydrogen-bond donors (Lipinski definition) is 1. The summed E-state index contributed by atoms with van der Waals surface area (Å²) in [6.45, 7) is 0.482. The fraction of sp³-hybridized carbons (Fsp3) is 0.167. The van der Waals surface area contributed by atoms with Crippen molar-refractivity contribution in [2.24, 2.45) is 0 Å². The third-order valence-corrected chi connectivity index (χ3v) is 2.93. The molecule has 1 aromatic heterocycles. The van der Waals surface area contributed by atoms with Crippen molar-refractivity contribution in [3.8, 4) is 0 Å².